The van der Waals surface area contributed by atoms with Gasteiger partial charge in [-0.05, 0) is 36.8 Å². The SMILES string of the molecule is C=CC(C)(O)C(=O)N1CCCN(C(=O)c2ccc3nnn(O)c3c2)CC1. The minimum absolute atomic E-state index is 0.196. The van der Waals surface area contributed by atoms with Gasteiger partial charge in [0.2, 0.25) is 0 Å². The molecule has 0 bridgehead atoms. The van der Waals surface area contributed by atoms with Crippen molar-refractivity contribution in [1.82, 2.24) is 25.0 Å². The molecule has 1 fully saturated rings. The van der Waals surface area contributed by atoms with E-state index in [-0.39, 0.29) is 5.91 Å². The molecule has 138 valence electrons. The van der Waals surface area contributed by atoms with Gasteiger partial charge in [-0.2, -0.15) is 0 Å². The molecule has 26 heavy (non-hydrogen) atoms. The van der Waals surface area contributed by atoms with Gasteiger partial charge in [-0.15, -0.1) is 5.10 Å². The molecule has 0 aliphatic carbocycles. The number of amides is 2. The molecule has 2 amide bonds. The second-order valence-electron chi connectivity index (χ2n) is 6.47. The zero-order valence-corrected chi connectivity index (χ0v) is 14.5. The predicted octanol–water partition coefficient (Wildman–Crippen LogP) is 0.280. The Bertz CT molecular complexity index is 860. The van der Waals surface area contributed by atoms with E-state index in [0.717, 1.165) is 0 Å². The maximum atomic E-state index is 12.8. The van der Waals surface area contributed by atoms with Crippen LogP contribution in [0.3, 0.4) is 0 Å². The monoisotopic (exact) mass is 359 g/mol. The fourth-order valence-corrected chi connectivity index (χ4v) is 2.95. The zero-order chi connectivity index (χ0) is 18.9. The van der Waals surface area contributed by atoms with E-state index in [9.17, 15) is 19.9 Å². The average molecular weight is 359 g/mol. The van der Waals surface area contributed by atoms with Crippen LogP contribution in [0.25, 0.3) is 11.0 Å². The molecule has 1 atom stereocenters. The number of nitrogens with zero attached hydrogens (tertiary/aromatic N) is 5. The van der Waals surface area contributed by atoms with E-state index in [0.29, 0.717) is 54.0 Å². The maximum absolute atomic E-state index is 12.8. The fourth-order valence-electron chi connectivity index (χ4n) is 2.95. The third-order valence-electron chi connectivity index (χ3n) is 4.58. The Morgan fingerprint density at radius 1 is 1.23 bits per heavy atom. The molecule has 1 aromatic carbocycles. The predicted molar refractivity (Wildman–Crippen MR) is 92.6 cm³/mol. The molecule has 1 aromatic heterocycles. The highest BCUT2D eigenvalue weighted by atomic mass is 16.5. The van der Waals surface area contributed by atoms with Crippen molar-refractivity contribution in [1.29, 1.82) is 0 Å². The van der Waals surface area contributed by atoms with Crippen LogP contribution in [-0.2, 0) is 4.79 Å². The Kier molecular flexibility index (Phi) is 4.64. The number of aliphatic hydroxyl groups is 1. The summed E-state index contributed by atoms with van der Waals surface area (Å²) in [5, 5.41) is 27.0. The van der Waals surface area contributed by atoms with Crippen LogP contribution in [-0.4, -0.2) is 78.9 Å². The third kappa shape index (κ3) is 3.25. The number of rotatable bonds is 3. The van der Waals surface area contributed by atoms with Crippen LogP contribution in [0.5, 0.6) is 0 Å². The lowest BCUT2D eigenvalue weighted by molar-refractivity contribution is -0.145. The number of aromatic nitrogens is 3. The first kappa shape index (κ1) is 17.9. The van der Waals surface area contributed by atoms with Gasteiger partial charge in [-0.3, -0.25) is 9.59 Å². The zero-order valence-electron chi connectivity index (χ0n) is 14.5. The van der Waals surface area contributed by atoms with Gasteiger partial charge in [0.1, 0.15) is 11.0 Å². The van der Waals surface area contributed by atoms with Gasteiger partial charge in [0, 0.05) is 31.7 Å². The lowest BCUT2D eigenvalue weighted by Crippen LogP contribution is -2.47. The van der Waals surface area contributed by atoms with Crippen molar-refractivity contribution in [2.75, 3.05) is 26.2 Å². The van der Waals surface area contributed by atoms with Crippen LogP contribution in [0, 0.1) is 0 Å². The standard InChI is InChI=1S/C17H21N5O4/c1-3-17(2,25)16(24)21-8-4-7-20(9-10-21)15(23)12-5-6-13-14(11-12)22(26)19-18-13/h3,5-6,11,25-26H,1,4,7-10H2,2H3. The summed E-state index contributed by atoms with van der Waals surface area (Å²) >= 11 is 0. The van der Waals surface area contributed by atoms with Gasteiger partial charge < -0.3 is 20.1 Å². The molecule has 1 unspecified atom stereocenters. The number of hydrogen-bond donors (Lipinski definition) is 2. The number of carbonyl (C=O) groups is 2. The van der Waals surface area contributed by atoms with Crippen LogP contribution < -0.4 is 0 Å². The largest absolute Gasteiger partial charge is 0.410 e. The average Bonchev–Trinajstić information content (AvgIpc) is 2.85. The summed E-state index contributed by atoms with van der Waals surface area (Å²) < 4.78 is 0. The van der Waals surface area contributed by atoms with E-state index in [1.807, 2.05) is 0 Å². The Morgan fingerprint density at radius 3 is 2.65 bits per heavy atom. The summed E-state index contributed by atoms with van der Waals surface area (Å²) in [5.74, 6) is -0.614. The lowest BCUT2D eigenvalue weighted by Gasteiger charge is -2.28. The van der Waals surface area contributed by atoms with E-state index < -0.39 is 11.5 Å². The molecule has 2 heterocycles. The van der Waals surface area contributed by atoms with Gasteiger partial charge in [0.25, 0.3) is 11.8 Å². The van der Waals surface area contributed by atoms with Crippen LogP contribution >= 0.6 is 0 Å². The smallest absolute Gasteiger partial charge is 0.258 e. The first-order chi connectivity index (χ1) is 12.3. The van der Waals surface area contributed by atoms with Crippen molar-refractivity contribution in [3.8, 4) is 0 Å². The molecule has 9 heteroatoms. The maximum Gasteiger partial charge on any atom is 0.258 e. The summed E-state index contributed by atoms with van der Waals surface area (Å²) in [5.41, 5.74) is -0.364. The highest BCUT2D eigenvalue weighted by molar-refractivity contribution is 5.97. The summed E-state index contributed by atoms with van der Waals surface area (Å²) in [6.07, 6.45) is 1.82. The molecule has 0 saturated carbocycles. The Balaban J connectivity index is 1.73. The van der Waals surface area contributed by atoms with Crippen LogP contribution in [0.1, 0.15) is 23.7 Å². The van der Waals surface area contributed by atoms with Crippen LogP contribution in [0.2, 0.25) is 0 Å². The van der Waals surface area contributed by atoms with Crippen molar-refractivity contribution >= 4 is 22.8 Å². The fraction of sp³-hybridized carbons (Fsp3) is 0.412. The molecule has 9 nitrogen and oxygen atoms in total. The molecule has 0 spiro atoms. The van der Waals surface area contributed by atoms with Gasteiger partial charge in [-0.1, -0.05) is 17.5 Å². The first-order valence-electron chi connectivity index (χ1n) is 8.33. The lowest BCUT2D eigenvalue weighted by atomic mass is 10.1. The van der Waals surface area contributed by atoms with Crippen molar-refractivity contribution in [3.05, 3.63) is 36.4 Å². The number of fused-ring (bicyclic) bond motifs is 1. The molecule has 3 rings (SSSR count). The molecule has 1 aliphatic rings. The van der Waals surface area contributed by atoms with E-state index in [1.165, 1.54) is 19.1 Å². The Labute approximate surface area is 150 Å². The normalized spacial score (nSPS) is 17.6. The van der Waals surface area contributed by atoms with Crippen molar-refractivity contribution < 1.29 is 19.9 Å². The van der Waals surface area contributed by atoms with Crippen LogP contribution in [0.4, 0.5) is 0 Å². The summed E-state index contributed by atoms with van der Waals surface area (Å²) in [6.45, 7) is 6.52. The molecular formula is C17H21N5O4. The number of benzene rings is 1. The topological polar surface area (TPSA) is 112 Å². The van der Waals surface area contributed by atoms with Crippen LogP contribution in [0.15, 0.2) is 30.9 Å². The van der Waals surface area contributed by atoms with Gasteiger partial charge in [0.15, 0.2) is 5.60 Å². The van der Waals surface area contributed by atoms with Crippen molar-refractivity contribution in [2.24, 2.45) is 0 Å². The summed E-state index contributed by atoms with van der Waals surface area (Å²) in [7, 11) is 0. The molecule has 1 saturated heterocycles. The number of carbonyl (C=O) groups excluding carboxylic acids is 2. The van der Waals surface area contributed by atoms with E-state index >= 15 is 0 Å². The van der Waals surface area contributed by atoms with E-state index in [1.54, 1.807) is 21.9 Å². The van der Waals surface area contributed by atoms with Gasteiger partial charge >= 0.3 is 0 Å². The molecular weight excluding hydrogens is 338 g/mol. The quantitative estimate of drug-likeness (QED) is 0.601. The Morgan fingerprint density at radius 2 is 1.92 bits per heavy atom. The summed E-state index contributed by atoms with van der Waals surface area (Å²) in [6, 6.07) is 4.79. The number of hydrogen-bond acceptors (Lipinski definition) is 6. The molecule has 1 aliphatic heterocycles. The highest BCUT2D eigenvalue weighted by Crippen LogP contribution is 2.17. The Hall–Kier alpha value is -2.94. The second kappa shape index (κ2) is 6.75. The van der Waals surface area contributed by atoms with E-state index in [4.69, 9.17) is 0 Å². The summed E-state index contributed by atoms with van der Waals surface area (Å²) in [4.78, 5) is 29.0. The van der Waals surface area contributed by atoms with Gasteiger partial charge in [0.05, 0.1) is 0 Å². The highest BCUT2D eigenvalue weighted by Gasteiger charge is 2.32. The first-order valence-corrected chi connectivity index (χ1v) is 8.33. The molecule has 0 radical (unpaired) electrons. The third-order valence-corrected chi connectivity index (χ3v) is 4.58. The minimum atomic E-state index is -1.61. The molecule has 2 N–H and O–H groups in total. The van der Waals surface area contributed by atoms with Crippen molar-refractivity contribution in [3.63, 3.8) is 0 Å². The van der Waals surface area contributed by atoms with Gasteiger partial charge in [-0.25, -0.2) is 0 Å². The second-order valence-corrected chi connectivity index (χ2v) is 6.47. The van der Waals surface area contributed by atoms with E-state index in [2.05, 4.69) is 16.9 Å². The minimum Gasteiger partial charge on any atom is -0.410 e. The molecule has 2 aromatic rings. The van der Waals surface area contributed by atoms with Crippen molar-refractivity contribution in [2.45, 2.75) is 18.9 Å².